The Balaban J connectivity index is 1.63. The van der Waals surface area contributed by atoms with Gasteiger partial charge in [-0.05, 0) is 50.4 Å². The summed E-state index contributed by atoms with van der Waals surface area (Å²) in [6.45, 7) is 1.43. The monoisotopic (exact) mass is 279 g/mol. The largest absolute Gasteiger partial charge is 0.390 e. The van der Waals surface area contributed by atoms with E-state index in [2.05, 4.69) is 11.9 Å². The van der Waals surface area contributed by atoms with E-state index in [1.165, 1.54) is 12.1 Å². The fourth-order valence-corrected chi connectivity index (χ4v) is 3.47. The predicted octanol–water partition coefficient (Wildman–Crippen LogP) is 1.98. The number of hydrogen-bond acceptors (Lipinski definition) is 3. The average molecular weight is 279 g/mol. The highest BCUT2D eigenvalue weighted by Crippen LogP contribution is 2.36. The third-order valence-corrected chi connectivity index (χ3v) is 4.80. The van der Waals surface area contributed by atoms with Crippen molar-refractivity contribution >= 4 is 0 Å². The molecule has 2 unspecified atom stereocenters. The minimum absolute atomic E-state index is 0.210. The summed E-state index contributed by atoms with van der Waals surface area (Å²) in [5.74, 6) is -0.210. The van der Waals surface area contributed by atoms with Crippen LogP contribution in [0.25, 0.3) is 0 Å². The number of ether oxygens (including phenoxy) is 1. The minimum Gasteiger partial charge on any atom is -0.390 e. The van der Waals surface area contributed by atoms with Crippen LogP contribution < -0.4 is 0 Å². The van der Waals surface area contributed by atoms with E-state index in [-0.39, 0.29) is 5.82 Å². The van der Waals surface area contributed by atoms with Gasteiger partial charge in [0.15, 0.2) is 0 Å². The maximum atomic E-state index is 12.9. The van der Waals surface area contributed by atoms with Crippen molar-refractivity contribution in [3.63, 3.8) is 0 Å². The van der Waals surface area contributed by atoms with E-state index < -0.39 is 5.60 Å². The van der Waals surface area contributed by atoms with Crippen LogP contribution in [0.1, 0.15) is 24.8 Å². The molecule has 2 bridgehead atoms. The molecule has 1 aromatic carbocycles. The van der Waals surface area contributed by atoms with E-state index in [1.54, 1.807) is 12.1 Å². The molecule has 2 aliphatic heterocycles. The van der Waals surface area contributed by atoms with Crippen LogP contribution in [0.15, 0.2) is 24.3 Å². The number of aryl methyl sites for hydroxylation is 1. The maximum absolute atomic E-state index is 12.9. The number of morpholine rings is 1. The van der Waals surface area contributed by atoms with Gasteiger partial charge in [0.1, 0.15) is 5.82 Å². The minimum atomic E-state index is -0.611. The first kappa shape index (κ1) is 14.0. The van der Waals surface area contributed by atoms with Crippen molar-refractivity contribution in [2.24, 2.45) is 0 Å². The van der Waals surface area contributed by atoms with Crippen molar-refractivity contribution in [1.29, 1.82) is 0 Å². The van der Waals surface area contributed by atoms with E-state index in [0.717, 1.165) is 31.2 Å². The first-order valence-corrected chi connectivity index (χ1v) is 7.32. The molecule has 2 fully saturated rings. The average Bonchev–Trinajstić information content (AvgIpc) is 2.41. The molecule has 3 nitrogen and oxygen atoms in total. The van der Waals surface area contributed by atoms with Crippen LogP contribution in [-0.2, 0) is 11.2 Å². The van der Waals surface area contributed by atoms with Crippen LogP contribution in [0, 0.1) is 5.82 Å². The van der Waals surface area contributed by atoms with Gasteiger partial charge in [0.05, 0.1) is 18.8 Å². The van der Waals surface area contributed by atoms with Crippen molar-refractivity contribution in [3.05, 3.63) is 35.6 Å². The molecule has 1 N–H and O–H groups in total. The van der Waals surface area contributed by atoms with E-state index >= 15 is 0 Å². The van der Waals surface area contributed by atoms with Crippen molar-refractivity contribution in [2.45, 2.75) is 43.4 Å². The van der Waals surface area contributed by atoms with Crippen LogP contribution in [0.2, 0.25) is 0 Å². The van der Waals surface area contributed by atoms with Gasteiger partial charge in [-0.1, -0.05) is 12.1 Å². The summed E-state index contributed by atoms with van der Waals surface area (Å²) in [4.78, 5) is 2.34. The number of halogens is 1. The molecule has 0 saturated carbocycles. The Labute approximate surface area is 119 Å². The smallest absolute Gasteiger partial charge is 0.123 e. The zero-order valence-corrected chi connectivity index (χ0v) is 11.9. The highest BCUT2D eigenvalue weighted by Gasteiger charge is 2.44. The number of likely N-dealkylation sites (N-methyl/N-ethyl adjacent to an activating group) is 1. The molecule has 2 atom stereocenters. The molecule has 3 rings (SSSR count). The highest BCUT2D eigenvalue weighted by atomic mass is 19.1. The summed E-state index contributed by atoms with van der Waals surface area (Å²) in [5.41, 5.74) is 0.472. The van der Waals surface area contributed by atoms with Gasteiger partial charge in [0.25, 0.3) is 0 Å². The Morgan fingerprint density at radius 1 is 1.25 bits per heavy atom. The fraction of sp³-hybridized carbons (Fsp3) is 0.625. The Morgan fingerprint density at radius 3 is 2.45 bits per heavy atom. The first-order chi connectivity index (χ1) is 9.56. The molecule has 20 heavy (non-hydrogen) atoms. The van der Waals surface area contributed by atoms with E-state index in [1.807, 2.05) is 0 Å². The van der Waals surface area contributed by atoms with Gasteiger partial charge in [-0.15, -0.1) is 0 Å². The second-order valence-corrected chi connectivity index (χ2v) is 6.27. The SMILES string of the molecule is CN1C2COCC1CC(O)(CCc1ccc(F)cc1)C2. The van der Waals surface area contributed by atoms with Crippen molar-refractivity contribution in [3.8, 4) is 0 Å². The highest BCUT2D eigenvalue weighted by molar-refractivity contribution is 5.16. The fourth-order valence-electron chi connectivity index (χ4n) is 3.47. The van der Waals surface area contributed by atoms with Gasteiger partial charge in [0, 0.05) is 12.1 Å². The molecule has 0 aliphatic carbocycles. The summed E-state index contributed by atoms with van der Waals surface area (Å²) < 4.78 is 18.5. The number of hydrogen-bond donors (Lipinski definition) is 1. The van der Waals surface area contributed by atoms with Crippen LogP contribution in [0.4, 0.5) is 4.39 Å². The first-order valence-electron chi connectivity index (χ1n) is 7.32. The summed E-state index contributed by atoms with van der Waals surface area (Å²) in [6.07, 6.45) is 3.06. The van der Waals surface area contributed by atoms with E-state index in [0.29, 0.717) is 25.3 Å². The van der Waals surface area contributed by atoms with Gasteiger partial charge >= 0.3 is 0 Å². The van der Waals surface area contributed by atoms with E-state index in [4.69, 9.17) is 4.74 Å². The van der Waals surface area contributed by atoms with Gasteiger partial charge in [-0.25, -0.2) is 4.39 Å². The number of benzene rings is 1. The summed E-state index contributed by atoms with van der Waals surface area (Å²) in [7, 11) is 2.12. The predicted molar refractivity (Wildman–Crippen MR) is 75.1 cm³/mol. The Kier molecular flexibility index (Phi) is 3.80. The quantitative estimate of drug-likeness (QED) is 0.918. The Morgan fingerprint density at radius 2 is 1.85 bits per heavy atom. The van der Waals surface area contributed by atoms with Gasteiger partial charge in [-0.3, -0.25) is 4.90 Å². The second-order valence-electron chi connectivity index (χ2n) is 6.27. The number of nitrogens with zero attached hydrogens (tertiary/aromatic N) is 1. The van der Waals surface area contributed by atoms with E-state index in [9.17, 15) is 9.50 Å². The summed E-state index contributed by atoms with van der Waals surface area (Å²) in [5, 5.41) is 10.9. The molecule has 0 spiro atoms. The van der Waals surface area contributed by atoms with Crippen LogP contribution in [0.5, 0.6) is 0 Å². The molecule has 0 aromatic heterocycles. The molecular weight excluding hydrogens is 257 g/mol. The Hall–Kier alpha value is -0.970. The lowest BCUT2D eigenvalue weighted by atomic mass is 9.78. The molecule has 0 amide bonds. The summed E-state index contributed by atoms with van der Waals surface area (Å²) >= 11 is 0. The van der Waals surface area contributed by atoms with Crippen molar-refractivity contribution in [2.75, 3.05) is 20.3 Å². The molecule has 2 heterocycles. The molecule has 2 aliphatic rings. The molecule has 0 radical (unpaired) electrons. The number of rotatable bonds is 3. The third-order valence-electron chi connectivity index (χ3n) is 4.80. The van der Waals surface area contributed by atoms with Crippen molar-refractivity contribution < 1.29 is 14.2 Å². The van der Waals surface area contributed by atoms with Crippen LogP contribution >= 0.6 is 0 Å². The topological polar surface area (TPSA) is 32.7 Å². The van der Waals surface area contributed by atoms with Crippen LogP contribution in [-0.4, -0.2) is 48.0 Å². The maximum Gasteiger partial charge on any atom is 0.123 e. The van der Waals surface area contributed by atoms with Gasteiger partial charge < -0.3 is 9.84 Å². The molecule has 1 aromatic rings. The zero-order valence-electron chi connectivity index (χ0n) is 11.9. The van der Waals surface area contributed by atoms with Gasteiger partial charge in [-0.2, -0.15) is 0 Å². The third kappa shape index (κ3) is 2.87. The number of aliphatic hydroxyl groups is 1. The zero-order chi connectivity index (χ0) is 14.2. The van der Waals surface area contributed by atoms with Gasteiger partial charge in [0.2, 0.25) is 0 Å². The normalized spacial score (nSPS) is 34.1. The second kappa shape index (κ2) is 5.43. The molecular formula is C16H22FNO2. The standard InChI is InChI=1S/C16H22FNO2/c1-18-14-8-16(19,9-15(18)11-20-10-14)7-6-12-2-4-13(17)5-3-12/h2-5,14-15,19H,6-11H2,1H3. The lowest BCUT2D eigenvalue weighted by Gasteiger charge is -2.50. The molecule has 110 valence electrons. The molecule has 4 heteroatoms. The van der Waals surface area contributed by atoms with Crippen molar-refractivity contribution in [1.82, 2.24) is 4.90 Å². The Bertz CT molecular complexity index is 448. The number of fused-ring (bicyclic) bond motifs is 2. The lowest BCUT2D eigenvalue weighted by Crippen LogP contribution is -2.60. The number of piperidine rings is 1. The molecule has 2 saturated heterocycles. The van der Waals surface area contributed by atoms with Crippen LogP contribution in [0.3, 0.4) is 0 Å². The summed E-state index contributed by atoms with van der Waals surface area (Å²) in [6, 6.07) is 7.21. The lowest BCUT2D eigenvalue weighted by molar-refractivity contribution is -0.136.